The zero-order chi connectivity index (χ0) is 21.7. The smallest absolute Gasteiger partial charge is 0.191 e. The van der Waals surface area contributed by atoms with E-state index in [9.17, 15) is 0 Å². The Morgan fingerprint density at radius 2 is 1.97 bits per heavy atom. The molecule has 1 aromatic carbocycles. The van der Waals surface area contributed by atoms with E-state index in [-0.39, 0.29) is 30.0 Å². The average Bonchev–Trinajstić information content (AvgIpc) is 3.34. The number of guanidine groups is 1. The number of aliphatic imine (C=N–C) groups is 1. The third-order valence-electron chi connectivity index (χ3n) is 5.51. The summed E-state index contributed by atoms with van der Waals surface area (Å²) < 4.78 is 16.6. The number of nitrogens with zero attached hydrogens (tertiary/aromatic N) is 2. The van der Waals surface area contributed by atoms with E-state index in [2.05, 4.69) is 38.7 Å². The van der Waals surface area contributed by atoms with Crippen molar-refractivity contribution in [2.75, 3.05) is 47.0 Å². The molecule has 7 nitrogen and oxygen atoms in total. The van der Waals surface area contributed by atoms with Crippen LogP contribution < -0.4 is 15.4 Å². The molecule has 1 fully saturated rings. The number of piperidine rings is 1. The van der Waals surface area contributed by atoms with E-state index < -0.39 is 0 Å². The monoisotopic (exact) mass is 556 g/mol. The van der Waals surface area contributed by atoms with Gasteiger partial charge in [0.15, 0.2) is 5.96 Å². The first-order valence-corrected chi connectivity index (χ1v) is 11.2. The van der Waals surface area contributed by atoms with Crippen molar-refractivity contribution >= 4 is 29.9 Å². The molecule has 0 saturated carbocycles. The Bertz CT molecular complexity index is 779. The molecular weight excluding hydrogens is 519 g/mol. The molecule has 2 N–H and O–H groups in total. The first-order valence-electron chi connectivity index (χ1n) is 11.2. The minimum absolute atomic E-state index is 0. The van der Waals surface area contributed by atoms with Gasteiger partial charge in [0.05, 0.1) is 18.9 Å². The van der Waals surface area contributed by atoms with Crippen molar-refractivity contribution in [2.45, 2.75) is 38.3 Å². The van der Waals surface area contributed by atoms with Gasteiger partial charge in [0, 0.05) is 40.3 Å². The molecule has 0 radical (unpaired) electrons. The van der Waals surface area contributed by atoms with Gasteiger partial charge in [-0.15, -0.1) is 24.0 Å². The molecular formula is C24H37IN4O3. The summed E-state index contributed by atoms with van der Waals surface area (Å²) in [4.78, 5) is 6.90. The van der Waals surface area contributed by atoms with Crippen molar-refractivity contribution in [3.8, 4) is 5.75 Å². The van der Waals surface area contributed by atoms with E-state index in [0.717, 1.165) is 49.1 Å². The normalized spacial score (nSPS) is 15.6. The van der Waals surface area contributed by atoms with Gasteiger partial charge >= 0.3 is 0 Å². The Hall–Kier alpha value is -1.78. The molecule has 0 aliphatic carbocycles. The number of benzene rings is 1. The Balaban J connectivity index is 0.00000363. The molecule has 2 heterocycles. The fraction of sp³-hybridized carbons (Fsp3) is 0.542. The standard InChI is InChI=1S/C24H36N4O3.HI/c1-25-24(26-18-20-9-6-10-21(17-20)30-16-8-14-29-2)27-19-22(23-11-7-15-31-23)28-12-4-3-5-13-28;/h6-7,9-11,15,17,22H,3-5,8,12-14,16,18-19H2,1-2H3,(H2,25,26,27);1H. The van der Waals surface area contributed by atoms with E-state index in [1.54, 1.807) is 20.4 Å². The summed E-state index contributed by atoms with van der Waals surface area (Å²) in [5.74, 6) is 2.66. The summed E-state index contributed by atoms with van der Waals surface area (Å²) in [5, 5.41) is 6.89. The fourth-order valence-corrected chi connectivity index (χ4v) is 3.86. The third-order valence-corrected chi connectivity index (χ3v) is 5.51. The lowest BCUT2D eigenvalue weighted by molar-refractivity contribution is 0.146. The van der Waals surface area contributed by atoms with Crippen LogP contribution in [0.2, 0.25) is 0 Å². The van der Waals surface area contributed by atoms with Crippen molar-refractivity contribution in [2.24, 2.45) is 4.99 Å². The number of furan rings is 1. The van der Waals surface area contributed by atoms with Crippen molar-refractivity contribution in [1.82, 2.24) is 15.5 Å². The maximum atomic E-state index is 5.80. The number of ether oxygens (including phenoxy) is 2. The Morgan fingerprint density at radius 1 is 1.12 bits per heavy atom. The van der Waals surface area contributed by atoms with Crippen LogP contribution in [0.3, 0.4) is 0 Å². The second-order valence-corrected chi connectivity index (χ2v) is 7.78. The van der Waals surface area contributed by atoms with E-state index in [4.69, 9.17) is 13.9 Å². The minimum Gasteiger partial charge on any atom is -0.493 e. The molecule has 1 atom stereocenters. The summed E-state index contributed by atoms with van der Waals surface area (Å²) in [6.45, 7) is 4.99. The fourth-order valence-electron chi connectivity index (χ4n) is 3.86. The molecule has 1 aliphatic rings. The van der Waals surface area contributed by atoms with Gasteiger partial charge in [-0.05, 0) is 55.8 Å². The summed E-state index contributed by atoms with van der Waals surface area (Å²) in [5.41, 5.74) is 1.14. The largest absolute Gasteiger partial charge is 0.493 e. The first kappa shape index (κ1) is 26.5. The second kappa shape index (κ2) is 15.1. The molecule has 0 bridgehead atoms. The highest BCUT2D eigenvalue weighted by atomic mass is 127. The zero-order valence-electron chi connectivity index (χ0n) is 19.2. The van der Waals surface area contributed by atoms with Gasteiger partial charge in [-0.1, -0.05) is 18.6 Å². The predicted octanol–water partition coefficient (Wildman–Crippen LogP) is 4.21. The topological polar surface area (TPSA) is 71.3 Å². The molecule has 1 aliphatic heterocycles. The number of nitrogens with one attached hydrogen (secondary N) is 2. The average molecular weight is 556 g/mol. The summed E-state index contributed by atoms with van der Waals surface area (Å²) in [7, 11) is 3.50. The van der Waals surface area contributed by atoms with Crippen LogP contribution in [0.25, 0.3) is 0 Å². The SMILES string of the molecule is CN=C(NCc1cccc(OCCCOC)c1)NCC(c1ccco1)N1CCCCC1.I. The zero-order valence-corrected chi connectivity index (χ0v) is 21.5. The van der Waals surface area contributed by atoms with Crippen LogP contribution in [0.5, 0.6) is 5.75 Å². The number of hydrogen-bond donors (Lipinski definition) is 2. The maximum Gasteiger partial charge on any atom is 0.191 e. The Kier molecular flexibility index (Phi) is 12.5. The predicted molar refractivity (Wildman–Crippen MR) is 139 cm³/mol. The van der Waals surface area contributed by atoms with E-state index in [0.29, 0.717) is 19.8 Å². The van der Waals surface area contributed by atoms with Crippen LogP contribution in [-0.4, -0.2) is 57.9 Å². The highest BCUT2D eigenvalue weighted by Gasteiger charge is 2.24. The number of methoxy groups -OCH3 is 1. The molecule has 8 heteroatoms. The number of rotatable bonds is 11. The van der Waals surface area contributed by atoms with Crippen LogP contribution in [0, 0.1) is 0 Å². The van der Waals surface area contributed by atoms with E-state index >= 15 is 0 Å². The molecule has 1 saturated heterocycles. The first-order chi connectivity index (χ1) is 15.3. The maximum absolute atomic E-state index is 5.80. The highest BCUT2D eigenvalue weighted by molar-refractivity contribution is 14.0. The summed E-state index contributed by atoms with van der Waals surface area (Å²) in [6.07, 6.45) is 6.43. The number of likely N-dealkylation sites (tertiary alicyclic amines) is 1. The molecule has 32 heavy (non-hydrogen) atoms. The lowest BCUT2D eigenvalue weighted by Crippen LogP contribution is -2.44. The molecule has 0 amide bonds. The molecule has 2 aromatic rings. The molecule has 1 unspecified atom stereocenters. The van der Waals surface area contributed by atoms with Gasteiger partial charge in [-0.2, -0.15) is 0 Å². The van der Waals surface area contributed by atoms with Crippen molar-refractivity contribution in [1.29, 1.82) is 0 Å². The lowest BCUT2D eigenvalue weighted by atomic mass is 10.1. The van der Waals surface area contributed by atoms with Crippen LogP contribution in [-0.2, 0) is 11.3 Å². The minimum atomic E-state index is 0. The summed E-state index contributed by atoms with van der Waals surface area (Å²) in [6, 6.07) is 12.4. The van der Waals surface area contributed by atoms with Crippen molar-refractivity contribution in [3.05, 3.63) is 54.0 Å². The van der Waals surface area contributed by atoms with Gasteiger partial charge in [-0.25, -0.2) is 0 Å². The van der Waals surface area contributed by atoms with Gasteiger partial charge in [0.25, 0.3) is 0 Å². The van der Waals surface area contributed by atoms with E-state index in [1.165, 1.54) is 19.3 Å². The quantitative estimate of drug-likeness (QED) is 0.187. The van der Waals surface area contributed by atoms with Gasteiger partial charge < -0.3 is 24.5 Å². The van der Waals surface area contributed by atoms with Crippen LogP contribution in [0.4, 0.5) is 0 Å². The molecule has 3 rings (SSSR count). The molecule has 1 aromatic heterocycles. The van der Waals surface area contributed by atoms with Crippen LogP contribution >= 0.6 is 24.0 Å². The van der Waals surface area contributed by atoms with Crippen molar-refractivity contribution in [3.63, 3.8) is 0 Å². The van der Waals surface area contributed by atoms with E-state index in [1.807, 2.05) is 18.2 Å². The third kappa shape index (κ3) is 8.63. The molecule has 0 spiro atoms. The highest BCUT2D eigenvalue weighted by Crippen LogP contribution is 2.24. The number of hydrogen-bond acceptors (Lipinski definition) is 5. The second-order valence-electron chi connectivity index (χ2n) is 7.78. The molecule has 178 valence electrons. The van der Waals surface area contributed by atoms with Gasteiger partial charge in [0.2, 0.25) is 0 Å². The van der Waals surface area contributed by atoms with Gasteiger partial charge in [0.1, 0.15) is 11.5 Å². The van der Waals surface area contributed by atoms with Gasteiger partial charge in [-0.3, -0.25) is 9.89 Å². The van der Waals surface area contributed by atoms with Crippen LogP contribution in [0.1, 0.15) is 43.0 Å². The van der Waals surface area contributed by atoms with Crippen molar-refractivity contribution < 1.29 is 13.9 Å². The Morgan fingerprint density at radius 3 is 2.69 bits per heavy atom. The van der Waals surface area contributed by atoms with Crippen LogP contribution in [0.15, 0.2) is 52.1 Å². The lowest BCUT2D eigenvalue weighted by Gasteiger charge is -2.33. The number of halogens is 1. The summed E-state index contributed by atoms with van der Waals surface area (Å²) >= 11 is 0. The Labute approximate surface area is 209 Å².